The number of pyridine rings is 1. The molecule has 5 nitrogen and oxygen atoms in total. The fourth-order valence-corrected chi connectivity index (χ4v) is 3.61. The van der Waals surface area contributed by atoms with Gasteiger partial charge in [0.05, 0.1) is 6.54 Å². The van der Waals surface area contributed by atoms with Crippen LogP contribution in [0.2, 0.25) is 0 Å². The second-order valence-corrected chi connectivity index (χ2v) is 6.61. The first-order valence-corrected chi connectivity index (χ1v) is 7.62. The van der Waals surface area contributed by atoms with E-state index in [0.29, 0.717) is 24.6 Å². The van der Waals surface area contributed by atoms with Crippen LogP contribution >= 0.6 is 0 Å². The Morgan fingerprint density at radius 2 is 2.32 bits per heavy atom. The molecule has 0 saturated carbocycles. The molecule has 0 radical (unpaired) electrons. The fraction of sp³-hybridized carbons (Fsp3) is 0.462. The van der Waals surface area contributed by atoms with Gasteiger partial charge >= 0.3 is 0 Å². The molecule has 1 aromatic rings. The predicted molar refractivity (Wildman–Crippen MR) is 72.7 cm³/mol. The summed E-state index contributed by atoms with van der Waals surface area (Å²) in [5.41, 5.74) is 5.86. The Bertz CT molecular complexity index is 616. The van der Waals surface area contributed by atoms with E-state index in [4.69, 9.17) is 5.73 Å². The average molecular weight is 279 g/mol. The van der Waals surface area contributed by atoms with Gasteiger partial charge in [-0.2, -0.15) is 4.31 Å². The first kappa shape index (κ1) is 14.0. The minimum absolute atomic E-state index is 0.199. The normalized spacial score (nSPS) is 20.0. The lowest BCUT2D eigenvalue weighted by atomic mass is 10.2. The molecule has 1 aliphatic rings. The molecule has 1 atom stereocenters. The third-order valence-electron chi connectivity index (χ3n) is 3.07. The minimum atomic E-state index is -3.45. The summed E-state index contributed by atoms with van der Waals surface area (Å²) < 4.78 is 26.3. The van der Waals surface area contributed by atoms with Gasteiger partial charge in [0.1, 0.15) is 4.90 Å². The van der Waals surface area contributed by atoms with Crippen LogP contribution in [0, 0.1) is 17.8 Å². The molecule has 2 rings (SSSR count). The third kappa shape index (κ3) is 3.13. The fourth-order valence-electron chi connectivity index (χ4n) is 2.04. The summed E-state index contributed by atoms with van der Waals surface area (Å²) in [6.07, 6.45) is 3.81. The Morgan fingerprint density at radius 3 is 2.95 bits per heavy atom. The standard InChI is InChI=1S/C13H17N3O2S/c1-11-4-6-16(10-11)19(17,18)13-7-12(3-2-5-14)8-15-9-13/h7-9,11H,4-6,10,14H2,1H3. The van der Waals surface area contributed by atoms with Crippen molar-refractivity contribution in [3.05, 3.63) is 24.0 Å². The van der Waals surface area contributed by atoms with Crippen LogP contribution < -0.4 is 5.73 Å². The van der Waals surface area contributed by atoms with Crippen LogP contribution in [-0.4, -0.2) is 37.3 Å². The topological polar surface area (TPSA) is 76.3 Å². The first-order chi connectivity index (χ1) is 9.04. The zero-order valence-electron chi connectivity index (χ0n) is 10.8. The number of rotatable bonds is 2. The molecule has 1 unspecified atom stereocenters. The lowest BCUT2D eigenvalue weighted by molar-refractivity contribution is 0.464. The second kappa shape index (κ2) is 5.70. The molecule has 1 saturated heterocycles. The second-order valence-electron chi connectivity index (χ2n) is 4.67. The summed E-state index contributed by atoms with van der Waals surface area (Å²) in [4.78, 5) is 4.14. The smallest absolute Gasteiger partial charge is 0.244 e. The van der Waals surface area contributed by atoms with Gasteiger partial charge < -0.3 is 5.73 Å². The van der Waals surface area contributed by atoms with Crippen molar-refractivity contribution in [2.24, 2.45) is 11.7 Å². The van der Waals surface area contributed by atoms with Gasteiger partial charge in [0, 0.05) is 31.0 Å². The van der Waals surface area contributed by atoms with Crippen LogP contribution in [0.25, 0.3) is 0 Å². The molecule has 0 aromatic carbocycles. The van der Waals surface area contributed by atoms with Crippen molar-refractivity contribution in [1.29, 1.82) is 0 Å². The number of sulfonamides is 1. The Labute approximate surface area is 113 Å². The molecule has 19 heavy (non-hydrogen) atoms. The maximum Gasteiger partial charge on any atom is 0.244 e. The lowest BCUT2D eigenvalue weighted by Crippen LogP contribution is -2.28. The average Bonchev–Trinajstić information content (AvgIpc) is 2.84. The summed E-state index contributed by atoms with van der Waals surface area (Å²) in [5.74, 6) is 5.89. The highest BCUT2D eigenvalue weighted by molar-refractivity contribution is 7.89. The molecule has 0 spiro atoms. The van der Waals surface area contributed by atoms with Crippen molar-refractivity contribution in [2.75, 3.05) is 19.6 Å². The highest BCUT2D eigenvalue weighted by Crippen LogP contribution is 2.23. The lowest BCUT2D eigenvalue weighted by Gasteiger charge is -2.15. The molecule has 1 aliphatic heterocycles. The zero-order chi connectivity index (χ0) is 13.9. The Balaban J connectivity index is 2.30. The monoisotopic (exact) mass is 279 g/mol. The Hall–Kier alpha value is -1.42. The van der Waals surface area contributed by atoms with E-state index in [-0.39, 0.29) is 11.4 Å². The molecule has 0 bridgehead atoms. The van der Waals surface area contributed by atoms with Gasteiger partial charge in [-0.25, -0.2) is 8.42 Å². The van der Waals surface area contributed by atoms with E-state index in [9.17, 15) is 8.42 Å². The van der Waals surface area contributed by atoms with Crippen molar-refractivity contribution in [1.82, 2.24) is 9.29 Å². The molecule has 1 aromatic heterocycles. The van der Waals surface area contributed by atoms with Crippen LogP contribution in [0.3, 0.4) is 0 Å². The van der Waals surface area contributed by atoms with E-state index in [1.54, 1.807) is 6.07 Å². The Kier molecular flexibility index (Phi) is 4.20. The Morgan fingerprint density at radius 1 is 1.53 bits per heavy atom. The van der Waals surface area contributed by atoms with Gasteiger partial charge in [0.25, 0.3) is 0 Å². The molecule has 6 heteroatoms. The maximum absolute atomic E-state index is 12.4. The number of hydrogen-bond acceptors (Lipinski definition) is 4. The molecule has 0 aliphatic carbocycles. The summed E-state index contributed by atoms with van der Waals surface area (Å²) in [7, 11) is -3.45. The highest BCUT2D eigenvalue weighted by atomic mass is 32.2. The van der Waals surface area contributed by atoms with Crippen molar-refractivity contribution in [2.45, 2.75) is 18.2 Å². The number of hydrogen-bond donors (Lipinski definition) is 1. The molecular formula is C13H17N3O2S. The number of nitrogens with two attached hydrogens (primary N) is 1. The van der Waals surface area contributed by atoms with Gasteiger partial charge in [-0.05, 0) is 18.4 Å². The van der Waals surface area contributed by atoms with Gasteiger partial charge in [0.2, 0.25) is 10.0 Å². The van der Waals surface area contributed by atoms with Gasteiger partial charge in [-0.3, -0.25) is 4.98 Å². The predicted octanol–water partition coefficient (Wildman–Crippen LogP) is 0.422. The SMILES string of the molecule is CC1CCN(S(=O)(=O)c2cncc(C#CCN)c2)C1. The summed E-state index contributed by atoms with van der Waals surface area (Å²) in [6.45, 7) is 3.43. The molecule has 1 fully saturated rings. The van der Waals surface area contributed by atoms with Gasteiger partial charge in [-0.1, -0.05) is 18.8 Å². The van der Waals surface area contributed by atoms with Gasteiger partial charge in [-0.15, -0.1) is 0 Å². The van der Waals surface area contributed by atoms with Crippen LogP contribution in [0.1, 0.15) is 18.9 Å². The van der Waals surface area contributed by atoms with Crippen molar-refractivity contribution < 1.29 is 8.42 Å². The van der Waals surface area contributed by atoms with E-state index < -0.39 is 10.0 Å². The van der Waals surface area contributed by atoms with Crippen LogP contribution in [0.15, 0.2) is 23.4 Å². The quantitative estimate of drug-likeness (QED) is 0.796. The van der Waals surface area contributed by atoms with E-state index in [2.05, 4.69) is 23.7 Å². The summed E-state index contributed by atoms with van der Waals surface area (Å²) in [5, 5.41) is 0. The maximum atomic E-state index is 12.4. The van der Waals surface area contributed by atoms with E-state index >= 15 is 0 Å². The molecule has 102 valence electrons. The van der Waals surface area contributed by atoms with Crippen LogP contribution in [0.5, 0.6) is 0 Å². The molecular weight excluding hydrogens is 262 g/mol. The van der Waals surface area contributed by atoms with Gasteiger partial charge in [0.15, 0.2) is 0 Å². The molecule has 0 amide bonds. The van der Waals surface area contributed by atoms with Crippen molar-refractivity contribution in [3.63, 3.8) is 0 Å². The molecule has 2 heterocycles. The number of aromatic nitrogens is 1. The zero-order valence-corrected chi connectivity index (χ0v) is 11.7. The third-order valence-corrected chi connectivity index (χ3v) is 4.90. The van der Waals surface area contributed by atoms with E-state index in [1.807, 2.05) is 0 Å². The molecule has 2 N–H and O–H groups in total. The van der Waals surface area contributed by atoms with Crippen LogP contribution in [0.4, 0.5) is 0 Å². The highest BCUT2D eigenvalue weighted by Gasteiger charge is 2.30. The summed E-state index contributed by atoms with van der Waals surface area (Å²) >= 11 is 0. The van der Waals surface area contributed by atoms with Crippen molar-refractivity contribution in [3.8, 4) is 11.8 Å². The van der Waals surface area contributed by atoms with E-state index in [1.165, 1.54) is 16.7 Å². The first-order valence-electron chi connectivity index (χ1n) is 6.18. The van der Waals surface area contributed by atoms with Crippen molar-refractivity contribution >= 4 is 10.0 Å². The number of nitrogens with zero attached hydrogens (tertiary/aromatic N) is 2. The van der Waals surface area contributed by atoms with E-state index in [0.717, 1.165) is 6.42 Å². The largest absolute Gasteiger partial charge is 0.320 e. The minimum Gasteiger partial charge on any atom is -0.320 e. The van der Waals surface area contributed by atoms with Crippen LogP contribution in [-0.2, 0) is 10.0 Å². The summed E-state index contributed by atoms with van der Waals surface area (Å²) in [6, 6.07) is 1.55.